The van der Waals surface area contributed by atoms with E-state index in [0.29, 0.717) is 0 Å². The van der Waals surface area contributed by atoms with Crippen LogP contribution in [-0.4, -0.2) is 19.9 Å². The first-order chi connectivity index (χ1) is 9.22. The second kappa shape index (κ2) is 5.08. The maximum absolute atomic E-state index is 4.60. The van der Waals surface area contributed by atoms with Crippen LogP contribution in [0.5, 0.6) is 0 Å². The van der Waals surface area contributed by atoms with Gasteiger partial charge in [-0.1, -0.05) is 27.7 Å². The Morgan fingerprint density at radius 1 is 1.20 bits per heavy atom. The van der Waals surface area contributed by atoms with Gasteiger partial charge in [-0.15, -0.1) is 0 Å². The molecular formula is C16H26N4. The number of aryl methyl sites for hydroxylation is 1. The minimum absolute atomic E-state index is 0.00791. The summed E-state index contributed by atoms with van der Waals surface area (Å²) in [6, 6.07) is 1.94. The van der Waals surface area contributed by atoms with E-state index < -0.39 is 0 Å². The summed E-state index contributed by atoms with van der Waals surface area (Å²) in [5.41, 5.74) is 1.36. The predicted octanol–water partition coefficient (Wildman–Crippen LogP) is 3.92. The standard InChI is InChI=1S/C16H26N4/c1-7-12-13(19-16(5,6)11-15(2,3)4)20-10-8-9-17-14(20)18-12/h8-10,19H,7,11H2,1-6H3. The Morgan fingerprint density at radius 2 is 1.90 bits per heavy atom. The van der Waals surface area contributed by atoms with Gasteiger partial charge >= 0.3 is 0 Å². The van der Waals surface area contributed by atoms with E-state index in [4.69, 9.17) is 0 Å². The molecular weight excluding hydrogens is 248 g/mol. The number of fused-ring (bicyclic) bond motifs is 1. The van der Waals surface area contributed by atoms with Crippen molar-refractivity contribution in [2.75, 3.05) is 5.32 Å². The van der Waals surface area contributed by atoms with Crippen LogP contribution < -0.4 is 5.32 Å². The second-order valence-corrected chi connectivity index (χ2v) is 7.30. The molecule has 2 heterocycles. The molecule has 0 aliphatic heterocycles. The van der Waals surface area contributed by atoms with Gasteiger partial charge in [0.05, 0.1) is 5.69 Å². The van der Waals surface area contributed by atoms with E-state index in [9.17, 15) is 0 Å². The van der Waals surface area contributed by atoms with Gasteiger partial charge in [-0.25, -0.2) is 9.97 Å². The highest BCUT2D eigenvalue weighted by atomic mass is 15.2. The first kappa shape index (κ1) is 14.8. The quantitative estimate of drug-likeness (QED) is 0.919. The Bertz CT molecular complexity index is 590. The Hall–Kier alpha value is -1.58. The highest BCUT2D eigenvalue weighted by Gasteiger charge is 2.27. The van der Waals surface area contributed by atoms with Gasteiger partial charge in [0, 0.05) is 17.9 Å². The Kier molecular flexibility index (Phi) is 3.76. The lowest BCUT2D eigenvalue weighted by atomic mass is 9.82. The van der Waals surface area contributed by atoms with Crippen LogP contribution in [0.3, 0.4) is 0 Å². The van der Waals surface area contributed by atoms with E-state index in [1.54, 1.807) is 6.20 Å². The first-order valence-corrected chi connectivity index (χ1v) is 7.32. The molecule has 0 fully saturated rings. The van der Waals surface area contributed by atoms with Gasteiger partial charge in [0.1, 0.15) is 5.82 Å². The molecule has 1 N–H and O–H groups in total. The molecule has 0 unspecified atom stereocenters. The molecule has 0 atom stereocenters. The van der Waals surface area contributed by atoms with Crippen LogP contribution in [0.25, 0.3) is 5.78 Å². The van der Waals surface area contributed by atoms with Crippen molar-refractivity contribution < 1.29 is 0 Å². The van der Waals surface area contributed by atoms with Gasteiger partial charge in [0.15, 0.2) is 0 Å². The third kappa shape index (κ3) is 3.30. The second-order valence-electron chi connectivity index (χ2n) is 7.30. The third-order valence-corrected chi connectivity index (χ3v) is 3.24. The van der Waals surface area contributed by atoms with E-state index in [-0.39, 0.29) is 11.0 Å². The van der Waals surface area contributed by atoms with Crippen LogP contribution in [0, 0.1) is 5.41 Å². The summed E-state index contributed by atoms with van der Waals surface area (Å²) in [5.74, 6) is 1.84. The van der Waals surface area contributed by atoms with E-state index in [1.807, 2.05) is 16.7 Å². The van der Waals surface area contributed by atoms with Gasteiger partial charge in [-0.3, -0.25) is 4.40 Å². The molecule has 110 valence electrons. The molecule has 20 heavy (non-hydrogen) atoms. The summed E-state index contributed by atoms with van der Waals surface area (Å²) in [5, 5.41) is 3.68. The van der Waals surface area contributed by atoms with Crippen molar-refractivity contribution in [1.82, 2.24) is 14.4 Å². The summed E-state index contributed by atoms with van der Waals surface area (Å²) in [6.45, 7) is 13.4. The zero-order valence-electron chi connectivity index (χ0n) is 13.5. The monoisotopic (exact) mass is 274 g/mol. The molecule has 0 saturated carbocycles. The Labute approximate surface area is 121 Å². The zero-order valence-corrected chi connectivity index (χ0v) is 13.5. The summed E-state index contributed by atoms with van der Waals surface area (Å²) in [4.78, 5) is 8.93. The highest BCUT2D eigenvalue weighted by Crippen LogP contribution is 2.31. The molecule has 2 rings (SSSR count). The minimum Gasteiger partial charge on any atom is -0.365 e. The largest absolute Gasteiger partial charge is 0.365 e. The average molecular weight is 274 g/mol. The molecule has 4 heteroatoms. The van der Waals surface area contributed by atoms with Crippen LogP contribution in [0.15, 0.2) is 18.5 Å². The van der Waals surface area contributed by atoms with Crippen LogP contribution in [0.1, 0.15) is 53.7 Å². The Balaban J connectivity index is 2.37. The van der Waals surface area contributed by atoms with Gasteiger partial charge in [-0.2, -0.15) is 0 Å². The molecule has 0 saturated heterocycles. The normalized spacial score (nSPS) is 12.9. The fraction of sp³-hybridized carbons (Fsp3) is 0.625. The molecule has 4 nitrogen and oxygen atoms in total. The molecule has 0 spiro atoms. The topological polar surface area (TPSA) is 42.2 Å². The fourth-order valence-corrected chi connectivity index (χ4v) is 3.00. The van der Waals surface area contributed by atoms with E-state index in [2.05, 4.69) is 56.8 Å². The number of anilines is 1. The van der Waals surface area contributed by atoms with Gasteiger partial charge < -0.3 is 5.32 Å². The summed E-state index contributed by atoms with van der Waals surface area (Å²) >= 11 is 0. The number of hydrogen-bond donors (Lipinski definition) is 1. The molecule has 0 amide bonds. The van der Waals surface area contributed by atoms with Crippen LogP contribution in [-0.2, 0) is 6.42 Å². The lowest BCUT2D eigenvalue weighted by Gasteiger charge is -2.34. The molecule has 0 radical (unpaired) electrons. The van der Waals surface area contributed by atoms with Crippen molar-refractivity contribution in [2.45, 2.75) is 59.9 Å². The number of aromatic nitrogens is 3. The van der Waals surface area contributed by atoms with Crippen molar-refractivity contribution in [3.05, 3.63) is 24.2 Å². The molecule has 2 aromatic rings. The Morgan fingerprint density at radius 3 is 2.50 bits per heavy atom. The minimum atomic E-state index is 0.00791. The SMILES string of the molecule is CCc1nc2ncccn2c1NC(C)(C)CC(C)(C)C. The summed E-state index contributed by atoms with van der Waals surface area (Å²) < 4.78 is 2.04. The molecule has 0 aliphatic carbocycles. The maximum atomic E-state index is 4.60. The van der Waals surface area contributed by atoms with Crippen molar-refractivity contribution in [3.8, 4) is 0 Å². The highest BCUT2D eigenvalue weighted by molar-refractivity contribution is 5.53. The molecule has 0 aliphatic rings. The van der Waals surface area contributed by atoms with Crippen molar-refractivity contribution in [1.29, 1.82) is 0 Å². The van der Waals surface area contributed by atoms with Crippen LogP contribution in [0.4, 0.5) is 5.82 Å². The zero-order chi connectivity index (χ0) is 15.0. The van der Waals surface area contributed by atoms with E-state index in [1.165, 1.54) is 0 Å². The van der Waals surface area contributed by atoms with Crippen LogP contribution in [0.2, 0.25) is 0 Å². The number of nitrogens with one attached hydrogen (secondary N) is 1. The molecule has 0 aromatic carbocycles. The lowest BCUT2D eigenvalue weighted by molar-refractivity contribution is 0.302. The maximum Gasteiger partial charge on any atom is 0.235 e. The predicted molar refractivity (Wildman–Crippen MR) is 84.1 cm³/mol. The average Bonchev–Trinajstić information content (AvgIpc) is 2.64. The molecule has 0 bridgehead atoms. The van der Waals surface area contributed by atoms with Crippen molar-refractivity contribution in [3.63, 3.8) is 0 Å². The van der Waals surface area contributed by atoms with Gasteiger partial charge in [0.2, 0.25) is 5.78 Å². The smallest absolute Gasteiger partial charge is 0.235 e. The van der Waals surface area contributed by atoms with Crippen molar-refractivity contribution >= 4 is 11.6 Å². The first-order valence-electron chi connectivity index (χ1n) is 7.32. The third-order valence-electron chi connectivity index (χ3n) is 3.24. The lowest BCUT2D eigenvalue weighted by Crippen LogP contribution is -2.36. The summed E-state index contributed by atoms with van der Waals surface area (Å²) in [6.07, 6.45) is 5.78. The number of hydrogen-bond acceptors (Lipinski definition) is 3. The number of rotatable bonds is 4. The van der Waals surface area contributed by atoms with Gasteiger partial charge in [-0.05, 0) is 38.2 Å². The van der Waals surface area contributed by atoms with E-state index >= 15 is 0 Å². The van der Waals surface area contributed by atoms with Crippen LogP contribution >= 0.6 is 0 Å². The van der Waals surface area contributed by atoms with Crippen molar-refractivity contribution in [2.24, 2.45) is 5.41 Å². The molecule has 2 aromatic heterocycles. The van der Waals surface area contributed by atoms with Gasteiger partial charge in [0.25, 0.3) is 0 Å². The fourth-order valence-electron chi connectivity index (χ4n) is 3.00. The number of imidazole rings is 1. The number of nitrogens with zero attached hydrogens (tertiary/aromatic N) is 3. The van der Waals surface area contributed by atoms with E-state index in [0.717, 1.165) is 30.1 Å². The summed E-state index contributed by atoms with van der Waals surface area (Å²) in [7, 11) is 0.